The Morgan fingerprint density at radius 2 is 1.62 bits per heavy atom. The number of aliphatic carboxylic acids is 1. The summed E-state index contributed by atoms with van der Waals surface area (Å²) in [5.41, 5.74) is 4.67. The average Bonchev–Trinajstić information content (AvgIpc) is 3.34. The lowest BCUT2D eigenvalue weighted by Crippen LogP contribution is -2.50. The Kier molecular flexibility index (Phi) is 6.00. The molecule has 2 aromatic rings. The maximum absolute atomic E-state index is 12.6. The number of ether oxygens (including phenoxy) is 1. The summed E-state index contributed by atoms with van der Waals surface area (Å²) in [5, 5.41) is 23.5. The molecule has 2 aromatic carbocycles. The summed E-state index contributed by atoms with van der Waals surface area (Å²) in [4.78, 5) is 36.1. The van der Waals surface area contributed by atoms with Crippen molar-refractivity contribution in [3.05, 3.63) is 59.7 Å². The molecule has 34 heavy (non-hydrogen) atoms. The molecule has 5 atom stereocenters. The summed E-state index contributed by atoms with van der Waals surface area (Å²) >= 11 is 0. The van der Waals surface area contributed by atoms with Gasteiger partial charge in [0.05, 0.1) is 6.61 Å². The minimum atomic E-state index is -1.29. The zero-order valence-electron chi connectivity index (χ0n) is 18.6. The van der Waals surface area contributed by atoms with E-state index in [1.165, 1.54) is 11.1 Å². The zero-order valence-corrected chi connectivity index (χ0v) is 18.6. The predicted octanol–water partition coefficient (Wildman–Crippen LogP) is 2.50. The van der Waals surface area contributed by atoms with Gasteiger partial charge in [-0.1, -0.05) is 48.5 Å². The normalized spacial score (nSPS) is 25.3. The van der Waals surface area contributed by atoms with E-state index in [4.69, 9.17) is 14.9 Å². The van der Waals surface area contributed by atoms with Crippen LogP contribution in [0.4, 0.5) is 4.79 Å². The lowest BCUT2D eigenvalue weighted by atomic mass is 9.71. The molecule has 0 radical (unpaired) electrons. The third-order valence-electron chi connectivity index (χ3n) is 7.64. The van der Waals surface area contributed by atoms with Gasteiger partial charge in [-0.15, -0.1) is 0 Å². The van der Waals surface area contributed by atoms with Crippen LogP contribution in [0.5, 0.6) is 0 Å². The number of alkyl carbamates (subject to hydrolysis) is 1. The fourth-order valence-corrected chi connectivity index (χ4v) is 5.87. The second-order valence-electron chi connectivity index (χ2n) is 9.49. The largest absolute Gasteiger partial charge is 0.480 e. The monoisotopic (exact) mass is 464 g/mol. The Balaban J connectivity index is 1.14. The van der Waals surface area contributed by atoms with Gasteiger partial charge < -0.3 is 25.6 Å². The number of carboxylic acids is 1. The lowest BCUT2D eigenvalue weighted by molar-refractivity contribution is -0.143. The van der Waals surface area contributed by atoms with E-state index >= 15 is 0 Å². The molecule has 2 saturated carbocycles. The summed E-state index contributed by atoms with van der Waals surface area (Å²) in [6.45, 7) is -0.393. The number of aliphatic hydroxyl groups excluding tert-OH is 1. The summed E-state index contributed by atoms with van der Waals surface area (Å²) < 4.78 is 5.64. The van der Waals surface area contributed by atoms with Gasteiger partial charge in [-0.25, -0.2) is 9.59 Å². The topological polar surface area (TPSA) is 125 Å². The molecule has 4 N–H and O–H groups in total. The molecule has 0 spiro atoms. The number of hydrogen-bond acceptors (Lipinski definition) is 5. The minimum absolute atomic E-state index is 0.000511. The van der Waals surface area contributed by atoms with Gasteiger partial charge in [0.15, 0.2) is 0 Å². The number of carbonyl (C=O) groups is 3. The van der Waals surface area contributed by atoms with E-state index in [2.05, 4.69) is 34.9 Å². The molecule has 3 aliphatic rings. The van der Waals surface area contributed by atoms with Crippen LogP contribution in [-0.4, -0.2) is 53.5 Å². The first-order valence-corrected chi connectivity index (χ1v) is 11.7. The molecule has 0 aliphatic heterocycles. The zero-order chi connectivity index (χ0) is 23.8. The first-order valence-electron chi connectivity index (χ1n) is 11.7. The molecular weight excluding hydrogens is 436 g/mol. The molecule has 5 rings (SSSR count). The second kappa shape index (κ2) is 9.10. The maximum Gasteiger partial charge on any atom is 0.407 e. The van der Waals surface area contributed by atoms with Gasteiger partial charge in [-0.2, -0.15) is 0 Å². The van der Waals surface area contributed by atoms with Crippen LogP contribution in [0, 0.1) is 17.8 Å². The van der Waals surface area contributed by atoms with Gasteiger partial charge in [-0.05, 0) is 53.4 Å². The highest BCUT2D eigenvalue weighted by Crippen LogP contribution is 2.50. The van der Waals surface area contributed by atoms with E-state index in [-0.39, 0.29) is 36.3 Å². The van der Waals surface area contributed by atoms with Crippen molar-refractivity contribution < 1.29 is 29.3 Å². The van der Waals surface area contributed by atoms with Crippen molar-refractivity contribution in [3.8, 4) is 11.1 Å². The Bertz CT molecular complexity index is 1070. The Hall–Kier alpha value is -3.39. The van der Waals surface area contributed by atoms with E-state index in [0.29, 0.717) is 18.8 Å². The van der Waals surface area contributed by atoms with E-state index < -0.39 is 24.7 Å². The van der Waals surface area contributed by atoms with E-state index in [9.17, 15) is 14.4 Å². The molecule has 8 nitrogen and oxygen atoms in total. The molecule has 2 amide bonds. The quantitative estimate of drug-likeness (QED) is 0.499. The van der Waals surface area contributed by atoms with Crippen molar-refractivity contribution in [2.45, 2.75) is 37.3 Å². The maximum atomic E-state index is 12.6. The van der Waals surface area contributed by atoms with Gasteiger partial charge in [0, 0.05) is 17.9 Å². The van der Waals surface area contributed by atoms with Gasteiger partial charge in [0.2, 0.25) is 5.91 Å². The fourth-order valence-electron chi connectivity index (χ4n) is 5.87. The second-order valence-corrected chi connectivity index (χ2v) is 9.49. The molecule has 2 unspecified atom stereocenters. The van der Waals surface area contributed by atoms with Crippen molar-refractivity contribution in [1.29, 1.82) is 0 Å². The number of fused-ring (bicyclic) bond motifs is 4. The molecule has 178 valence electrons. The third kappa shape index (κ3) is 4.03. The highest BCUT2D eigenvalue weighted by Gasteiger charge is 2.50. The van der Waals surface area contributed by atoms with Crippen molar-refractivity contribution in [1.82, 2.24) is 10.6 Å². The highest BCUT2D eigenvalue weighted by atomic mass is 16.5. The highest BCUT2D eigenvalue weighted by molar-refractivity contribution is 5.85. The van der Waals surface area contributed by atoms with Crippen LogP contribution in [0.3, 0.4) is 0 Å². The molecule has 8 heteroatoms. The summed E-state index contributed by atoms with van der Waals surface area (Å²) in [6.07, 6.45) is 1.57. The standard InChI is InChI=1S/C26H28N2O6/c29-12-23(25(31)32)27-24(30)15-9-14-11-22(20(14)10-15)28-26(33)34-13-21-18-7-3-1-5-16(18)17-6-2-4-8-19(17)21/h1-8,14-15,20-23,29H,9-13H2,(H,27,30)(H,28,33)(H,31,32)/t14-,15?,20-,22+,23?/m1/s1. The average molecular weight is 465 g/mol. The number of benzene rings is 2. The van der Waals surface area contributed by atoms with Crippen molar-refractivity contribution in [3.63, 3.8) is 0 Å². The van der Waals surface area contributed by atoms with Crippen molar-refractivity contribution in [2.24, 2.45) is 17.8 Å². The van der Waals surface area contributed by atoms with Crippen LogP contribution in [0.25, 0.3) is 11.1 Å². The fraction of sp³-hybridized carbons (Fsp3) is 0.423. The Morgan fingerprint density at radius 1 is 0.971 bits per heavy atom. The van der Waals surface area contributed by atoms with Gasteiger partial charge in [-0.3, -0.25) is 4.79 Å². The summed E-state index contributed by atoms with van der Waals surface area (Å²) in [5.74, 6) is -1.42. The molecule has 0 bridgehead atoms. The van der Waals surface area contributed by atoms with Crippen LogP contribution < -0.4 is 10.6 Å². The first kappa shape index (κ1) is 22.4. The first-order chi connectivity index (χ1) is 16.5. The van der Waals surface area contributed by atoms with Crippen molar-refractivity contribution >= 4 is 18.0 Å². The number of hydrogen-bond donors (Lipinski definition) is 4. The number of nitrogens with one attached hydrogen (secondary N) is 2. The van der Waals surface area contributed by atoms with Crippen molar-refractivity contribution in [2.75, 3.05) is 13.2 Å². The number of rotatable bonds is 7. The van der Waals surface area contributed by atoms with Gasteiger partial charge >= 0.3 is 12.1 Å². The number of amides is 2. The van der Waals surface area contributed by atoms with E-state index in [1.54, 1.807) is 0 Å². The Labute approximate surface area is 197 Å². The molecule has 2 fully saturated rings. The smallest absolute Gasteiger partial charge is 0.407 e. The van der Waals surface area contributed by atoms with Crippen LogP contribution >= 0.6 is 0 Å². The van der Waals surface area contributed by atoms with E-state index in [1.807, 2.05) is 24.3 Å². The lowest BCUT2D eigenvalue weighted by Gasteiger charge is -2.40. The van der Waals surface area contributed by atoms with Crippen LogP contribution in [-0.2, 0) is 14.3 Å². The molecule has 0 heterocycles. The summed E-state index contributed by atoms with van der Waals surface area (Å²) in [6, 6.07) is 15.0. The Morgan fingerprint density at radius 3 is 2.24 bits per heavy atom. The number of carboxylic acid groups (broad SMARTS) is 1. The summed E-state index contributed by atoms with van der Waals surface area (Å²) in [7, 11) is 0. The number of aliphatic hydroxyl groups is 1. The van der Waals surface area contributed by atoms with Crippen LogP contribution in [0.2, 0.25) is 0 Å². The van der Waals surface area contributed by atoms with Gasteiger partial charge in [0.1, 0.15) is 12.6 Å². The van der Waals surface area contributed by atoms with Crippen LogP contribution in [0.1, 0.15) is 36.3 Å². The molecule has 3 aliphatic carbocycles. The van der Waals surface area contributed by atoms with Crippen LogP contribution in [0.15, 0.2) is 48.5 Å². The van der Waals surface area contributed by atoms with E-state index in [0.717, 1.165) is 17.5 Å². The number of carbonyl (C=O) groups excluding carboxylic acids is 2. The van der Waals surface area contributed by atoms with Gasteiger partial charge in [0.25, 0.3) is 0 Å². The SMILES string of the molecule is O=C(N[C@H]1C[C@H]2CC(C(=O)NC(CO)C(=O)O)C[C@H]21)OCC1c2ccccc2-c2ccccc21. The predicted molar refractivity (Wildman–Crippen MR) is 123 cm³/mol. The molecule has 0 aromatic heterocycles. The third-order valence-corrected chi connectivity index (χ3v) is 7.64. The molecular formula is C26H28N2O6. The minimum Gasteiger partial charge on any atom is -0.480 e. The molecule has 0 saturated heterocycles.